The number of fused-ring (bicyclic) bond motifs is 1. The highest BCUT2D eigenvalue weighted by Crippen LogP contribution is 2.70. The zero-order valence-electron chi connectivity index (χ0n) is 31.6. The van der Waals surface area contributed by atoms with Crippen LogP contribution in [0.2, 0.25) is 0 Å². The van der Waals surface area contributed by atoms with Gasteiger partial charge < -0.3 is 34.6 Å². The van der Waals surface area contributed by atoms with Crippen LogP contribution in [0.3, 0.4) is 0 Å². The topological polar surface area (TPSA) is 156 Å². The molecule has 2 saturated carbocycles. The molecular formula is C41H51N4O8P. The third-order valence-electron chi connectivity index (χ3n) is 10.7. The lowest BCUT2D eigenvalue weighted by atomic mass is 9.85. The van der Waals surface area contributed by atoms with Gasteiger partial charge in [0.2, 0.25) is 19.2 Å². The molecule has 12 nitrogen and oxygen atoms in total. The first-order chi connectivity index (χ1) is 25.7. The van der Waals surface area contributed by atoms with E-state index in [0.29, 0.717) is 28.1 Å². The molecule has 3 N–H and O–H groups in total. The summed E-state index contributed by atoms with van der Waals surface area (Å²) in [6, 6.07) is 14.9. The molecule has 54 heavy (non-hydrogen) atoms. The molecular weight excluding hydrogens is 707 g/mol. The van der Waals surface area contributed by atoms with Crippen LogP contribution >= 0.6 is 7.37 Å². The molecule has 6 atom stereocenters. The first-order valence-electron chi connectivity index (χ1n) is 18.6. The van der Waals surface area contributed by atoms with Gasteiger partial charge in [-0.25, -0.2) is 9.78 Å². The number of benzene rings is 2. The first-order valence-corrected chi connectivity index (χ1v) is 20.3. The largest absolute Gasteiger partial charge is 0.497 e. The minimum Gasteiger partial charge on any atom is -0.497 e. The van der Waals surface area contributed by atoms with Gasteiger partial charge in [0.1, 0.15) is 41.1 Å². The number of nitrogens with zero attached hydrogens (tertiary/aromatic N) is 2. The lowest BCUT2D eigenvalue weighted by Crippen LogP contribution is -2.58. The summed E-state index contributed by atoms with van der Waals surface area (Å²) in [4.78, 5) is 59.6. The molecule has 3 amide bonds. The molecule has 13 heteroatoms. The molecule has 1 aliphatic heterocycles. The van der Waals surface area contributed by atoms with Gasteiger partial charge in [-0.05, 0) is 62.4 Å². The lowest BCUT2D eigenvalue weighted by Gasteiger charge is -2.35. The van der Waals surface area contributed by atoms with Gasteiger partial charge in [0.25, 0.3) is 0 Å². The Morgan fingerprint density at radius 3 is 2.44 bits per heavy atom. The summed E-state index contributed by atoms with van der Waals surface area (Å²) in [6.07, 6.45) is 5.29. The van der Waals surface area contributed by atoms with Crippen LogP contribution in [0.4, 0.5) is 4.79 Å². The van der Waals surface area contributed by atoms with Crippen molar-refractivity contribution in [2.24, 2.45) is 11.3 Å². The summed E-state index contributed by atoms with van der Waals surface area (Å²) in [5.41, 5.74) is 1.41. The maximum Gasteiger partial charge on any atom is 0.408 e. The number of allylic oxidation sites excluding steroid dienone is 1. The van der Waals surface area contributed by atoms with Gasteiger partial charge >= 0.3 is 6.09 Å². The van der Waals surface area contributed by atoms with E-state index in [9.17, 15) is 23.8 Å². The Kier molecular flexibility index (Phi) is 11.3. The average molecular weight is 759 g/mol. The van der Waals surface area contributed by atoms with Crippen LogP contribution in [0.15, 0.2) is 79.1 Å². The number of rotatable bonds is 12. The minimum atomic E-state index is -4.02. The van der Waals surface area contributed by atoms with Crippen LogP contribution in [-0.2, 0) is 18.9 Å². The Hall–Kier alpha value is -4.67. The van der Waals surface area contributed by atoms with Crippen molar-refractivity contribution in [3.05, 3.63) is 79.1 Å². The van der Waals surface area contributed by atoms with Gasteiger partial charge in [0.15, 0.2) is 0 Å². The molecule has 2 unspecified atom stereocenters. The molecule has 0 radical (unpaired) electrons. The molecule has 1 aromatic heterocycles. The van der Waals surface area contributed by atoms with Crippen LogP contribution < -0.4 is 20.1 Å². The molecule has 2 heterocycles. The number of nitrogens with one attached hydrogen (secondary N) is 2. The highest BCUT2D eigenvalue weighted by Gasteiger charge is 2.65. The number of likely N-dealkylation sites (tertiary alicyclic amines) is 1. The monoisotopic (exact) mass is 758 g/mol. The van der Waals surface area contributed by atoms with Crippen molar-refractivity contribution >= 4 is 36.2 Å². The van der Waals surface area contributed by atoms with Crippen molar-refractivity contribution in [1.29, 1.82) is 0 Å². The van der Waals surface area contributed by atoms with Crippen molar-refractivity contribution < 1.29 is 38.1 Å². The Morgan fingerprint density at radius 1 is 1.09 bits per heavy atom. The van der Waals surface area contributed by atoms with Gasteiger partial charge in [-0.15, -0.1) is 6.58 Å². The van der Waals surface area contributed by atoms with E-state index in [-0.39, 0.29) is 25.5 Å². The molecule has 3 aromatic rings. The molecule has 2 aliphatic carbocycles. The van der Waals surface area contributed by atoms with E-state index in [1.165, 1.54) is 16.8 Å². The summed E-state index contributed by atoms with van der Waals surface area (Å²) >= 11 is 0. The number of carbonyl (C=O) groups is 3. The second-order valence-electron chi connectivity index (χ2n) is 15.6. The average Bonchev–Trinajstić information content (AvgIpc) is 3.41. The number of alkyl carbamates (subject to hydrolysis) is 1. The Balaban J connectivity index is 1.35. The number of aromatic nitrogens is 1. The van der Waals surface area contributed by atoms with Crippen LogP contribution in [0.1, 0.15) is 66.2 Å². The quantitative estimate of drug-likeness (QED) is 0.129. The maximum absolute atomic E-state index is 14.7. The molecule has 3 aliphatic rings. The summed E-state index contributed by atoms with van der Waals surface area (Å²) < 4.78 is 31.5. The summed E-state index contributed by atoms with van der Waals surface area (Å²) in [5.74, 6) is 0.841. The number of ether oxygens (including phenoxy) is 3. The van der Waals surface area contributed by atoms with Crippen molar-refractivity contribution in [2.45, 2.75) is 95.8 Å². The van der Waals surface area contributed by atoms with E-state index in [2.05, 4.69) is 17.2 Å². The predicted octanol–water partition coefficient (Wildman–Crippen LogP) is 7.16. The van der Waals surface area contributed by atoms with E-state index in [0.717, 1.165) is 31.2 Å². The van der Waals surface area contributed by atoms with Crippen LogP contribution in [0.25, 0.3) is 22.2 Å². The Morgan fingerprint density at radius 2 is 1.81 bits per heavy atom. The highest BCUT2D eigenvalue weighted by atomic mass is 31.2. The number of carbonyl (C=O) groups excluding carboxylic acids is 3. The zero-order valence-corrected chi connectivity index (χ0v) is 32.5. The third-order valence-corrected chi connectivity index (χ3v) is 13.1. The predicted molar refractivity (Wildman–Crippen MR) is 207 cm³/mol. The molecule has 288 valence electrons. The number of amides is 3. The number of pyridine rings is 1. The van der Waals surface area contributed by atoms with Crippen LogP contribution in [0, 0.1) is 11.3 Å². The van der Waals surface area contributed by atoms with E-state index >= 15 is 0 Å². The maximum atomic E-state index is 14.7. The zero-order chi connectivity index (χ0) is 38.8. The van der Waals surface area contributed by atoms with E-state index in [4.69, 9.17) is 19.2 Å². The third kappa shape index (κ3) is 8.05. The summed E-state index contributed by atoms with van der Waals surface area (Å²) in [7, 11) is -2.44. The molecule has 0 bridgehead atoms. The van der Waals surface area contributed by atoms with Crippen LogP contribution in [0.5, 0.6) is 11.5 Å². The van der Waals surface area contributed by atoms with Gasteiger partial charge in [-0.2, -0.15) is 0 Å². The Labute approximate surface area is 316 Å². The van der Waals surface area contributed by atoms with Crippen molar-refractivity contribution in [3.8, 4) is 22.8 Å². The number of hydrogen-bond donors (Lipinski definition) is 3. The first kappa shape index (κ1) is 39.0. The highest BCUT2D eigenvalue weighted by molar-refractivity contribution is 7.63. The molecule has 6 rings (SSSR count). The Bertz CT molecular complexity index is 1970. The number of methoxy groups -OCH3 is 1. The van der Waals surface area contributed by atoms with Gasteiger partial charge in [0.05, 0.1) is 24.9 Å². The fraction of sp³-hybridized carbons (Fsp3) is 0.463. The SMILES string of the molecule is C=C[C@@H]1C[C@]1(NC(=O)[C@@H]1C[C@@H](Oc2cc(-c3ccccc3)nc3cc(OC)ccc23)CN1C(=O)C(NC(=O)OC1CCCC1)C(C)(C)C)P(=O)(O)/C=C\C. The molecule has 3 fully saturated rings. The lowest BCUT2D eigenvalue weighted by molar-refractivity contribution is -0.142. The molecule has 1 saturated heterocycles. The van der Waals surface area contributed by atoms with E-state index in [1.807, 2.05) is 75.4 Å². The second-order valence-corrected chi connectivity index (χ2v) is 17.9. The minimum absolute atomic E-state index is 0.00697. The fourth-order valence-corrected chi connectivity index (χ4v) is 9.59. The smallest absolute Gasteiger partial charge is 0.408 e. The van der Waals surface area contributed by atoms with Crippen LogP contribution in [-0.4, -0.2) is 75.9 Å². The molecule has 2 aromatic carbocycles. The van der Waals surface area contributed by atoms with Gasteiger partial charge in [0, 0.05) is 35.4 Å². The fourth-order valence-electron chi connectivity index (χ4n) is 7.61. The van der Waals surface area contributed by atoms with Crippen molar-refractivity contribution in [1.82, 2.24) is 20.5 Å². The normalized spacial score (nSPS) is 24.5. The van der Waals surface area contributed by atoms with Gasteiger partial charge in [-0.3, -0.25) is 14.2 Å². The van der Waals surface area contributed by atoms with Crippen molar-refractivity contribution in [2.75, 3.05) is 13.7 Å². The van der Waals surface area contributed by atoms with Crippen molar-refractivity contribution in [3.63, 3.8) is 0 Å². The molecule has 0 spiro atoms. The summed E-state index contributed by atoms with van der Waals surface area (Å²) in [5, 5.41) is 4.97. The van der Waals surface area contributed by atoms with E-state index < -0.39 is 60.1 Å². The standard InChI is InChI=1S/C41H51N4O8P/c1-7-20-54(49,50)41(24-27(41)8-2)44-37(46)34-22-30(25-45(34)38(47)36(40(3,4)5)43-39(48)53-28-16-12-13-17-28)52-35-23-32(26-14-10-9-11-15-26)42-33-21-29(51-6)18-19-31(33)35/h7-11,14-15,18-21,23,27-28,30,34,36H,2,12-13,16-17,22,24-25H2,1,3-6H3,(H,43,48)(H,44,46)(H,49,50)/b20-7-/t27-,30-,34+,36?,41+/m1/s1. The van der Waals surface area contributed by atoms with E-state index in [1.54, 1.807) is 20.1 Å². The number of hydrogen-bond acceptors (Lipinski definition) is 8. The van der Waals surface area contributed by atoms with Gasteiger partial charge in [-0.1, -0.05) is 63.3 Å². The second kappa shape index (κ2) is 15.6. The summed E-state index contributed by atoms with van der Waals surface area (Å²) in [6.45, 7) is 11.0.